The molecule has 2 atom stereocenters. The highest BCUT2D eigenvalue weighted by Gasteiger charge is 2.20. The number of nitrogens with zero attached hydrogens (tertiary/aromatic N) is 1. The van der Waals surface area contributed by atoms with Gasteiger partial charge in [-0.25, -0.2) is 4.39 Å². The molecule has 0 aromatic heterocycles. The molecule has 20 heavy (non-hydrogen) atoms. The molecular formula is C16H25FN2O. The number of anilines is 1. The molecule has 1 aromatic rings. The van der Waals surface area contributed by atoms with Crippen molar-refractivity contribution in [1.29, 1.82) is 0 Å². The zero-order valence-electron chi connectivity index (χ0n) is 12.4. The number of nitrogens with two attached hydrogens (primary N) is 1. The SMILES string of the molecule is CCC(N)Cc1c(F)cccc1N(C)CC1CCCO1. The van der Waals surface area contributed by atoms with Gasteiger partial charge in [-0.15, -0.1) is 0 Å². The van der Waals surface area contributed by atoms with Crippen molar-refractivity contribution in [3.05, 3.63) is 29.6 Å². The minimum absolute atomic E-state index is 0.00165. The molecule has 0 radical (unpaired) electrons. The summed E-state index contributed by atoms with van der Waals surface area (Å²) in [6, 6.07) is 5.25. The van der Waals surface area contributed by atoms with E-state index in [1.54, 1.807) is 6.07 Å². The topological polar surface area (TPSA) is 38.5 Å². The van der Waals surface area contributed by atoms with Crippen LogP contribution >= 0.6 is 0 Å². The van der Waals surface area contributed by atoms with Gasteiger partial charge in [-0.2, -0.15) is 0 Å². The second-order valence-electron chi connectivity index (χ2n) is 5.63. The maximum absolute atomic E-state index is 14.1. The average Bonchev–Trinajstić information content (AvgIpc) is 2.93. The van der Waals surface area contributed by atoms with Crippen LogP contribution in [-0.4, -0.2) is 32.3 Å². The Kier molecular flexibility index (Phi) is 5.38. The second-order valence-corrected chi connectivity index (χ2v) is 5.63. The Morgan fingerprint density at radius 2 is 2.30 bits per heavy atom. The van der Waals surface area contributed by atoms with Gasteiger partial charge in [0.15, 0.2) is 0 Å². The second kappa shape index (κ2) is 7.04. The Labute approximate surface area is 120 Å². The molecule has 1 aromatic carbocycles. The first-order valence-corrected chi connectivity index (χ1v) is 7.47. The lowest BCUT2D eigenvalue weighted by atomic mass is 10.0. The van der Waals surface area contributed by atoms with E-state index in [2.05, 4.69) is 4.90 Å². The van der Waals surface area contributed by atoms with E-state index in [0.29, 0.717) is 6.42 Å². The molecule has 1 fully saturated rings. The summed E-state index contributed by atoms with van der Waals surface area (Å²) in [5.41, 5.74) is 7.66. The molecule has 1 saturated heterocycles. The van der Waals surface area contributed by atoms with Crippen molar-refractivity contribution in [3.8, 4) is 0 Å². The summed E-state index contributed by atoms with van der Waals surface area (Å²) in [4.78, 5) is 2.09. The summed E-state index contributed by atoms with van der Waals surface area (Å²) in [7, 11) is 2.00. The molecule has 0 spiro atoms. The van der Waals surface area contributed by atoms with E-state index in [9.17, 15) is 4.39 Å². The molecule has 3 nitrogen and oxygen atoms in total. The zero-order valence-corrected chi connectivity index (χ0v) is 12.4. The first-order chi connectivity index (χ1) is 9.61. The molecule has 2 unspecified atom stereocenters. The lowest BCUT2D eigenvalue weighted by Crippen LogP contribution is -2.30. The molecule has 0 bridgehead atoms. The van der Waals surface area contributed by atoms with Crippen molar-refractivity contribution in [2.24, 2.45) is 5.73 Å². The molecule has 112 valence electrons. The van der Waals surface area contributed by atoms with Crippen LogP contribution in [0, 0.1) is 5.82 Å². The van der Waals surface area contributed by atoms with E-state index >= 15 is 0 Å². The van der Waals surface area contributed by atoms with E-state index in [-0.39, 0.29) is 18.0 Å². The number of ether oxygens (including phenoxy) is 1. The van der Waals surface area contributed by atoms with Gasteiger partial charge in [-0.3, -0.25) is 0 Å². The third-order valence-electron chi connectivity index (χ3n) is 4.00. The molecule has 2 rings (SSSR count). The standard InChI is InChI=1S/C16H25FN2O/c1-3-12(18)10-14-15(17)7-4-8-16(14)19(2)11-13-6-5-9-20-13/h4,7-8,12-13H,3,5-6,9-11,18H2,1-2H3. The van der Waals surface area contributed by atoms with Crippen LogP contribution in [-0.2, 0) is 11.2 Å². The molecular weight excluding hydrogens is 255 g/mol. The summed E-state index contributed by atoms with van der Waals surface area (Å²) in [5, 5.41) is 0. The number of hydrogen-bond acceptors (Lipinski definition) is 3. The van der Waals surface area contributed by atoms with Gasteiger partial charge in [0.1, 0.15) is 5.82 Å². The van der Waals surface area contributed by atoms with Gasteiger partial charge >= 0.3 is 0 Å². The predicted octanol–water partition coefficient (Wildman–Crippen LogP) is 2.72. The van der Waals surface area contributed by atoms with Crippen LogP contribution in [0.15, 0.2) is 18.2 Å². The lowest BCUT2D eigenvalue weighted by Gasteiger charge is -2.26. The number of hydrogen-bond donors (Lipinski definition) is 1. The quantitative estimate of drug-likeness (QED) is 0.870. The minimum Gasteiger partial charge on any atom is -0.376 e. The van der Waals surface area contributed by atoms with Crippen LogP contribution in [0.3, 0.4) is 0 Å². The first kappa shape index (κ1) is 15.3. The number of likely N-dealkylation sites (N-methyl/N-ethyl adjacent to an activating group) is 1. The number of benzene rings is 1. The van der Waals surface area contributed by atoms with Crippen LogP contribution in [0.2, 0.25) is 0 Å². The highest BCUT2D eigenvalue weighted by atomic mass is 19.1. The number of rotatable bonds is 6. The van der Waals surface area contributed by atoms with Crippen molar-refractivity contribution in [3.63, 3.8) is 0 Å². The zero-order chi connectivity index (χ0) is 14.5. The Morgan fingerprint density at radius 3 is 2.95 bits per heavy atom. The smallest absolute Gasteiger partial charge is 0.128 e. The van der Waals surface area contributed by atoms with Crippen LogP contribution < -0.4 is 10.6 Å². The Hall–Kier alpha value is -1.13. The van der Waals surface area contributed by atoms with Gasteiger partial charge in [-0.05, 0) is 37.8 Å². The lowest BCUT2D eigenvalue weighted by molar-refractivity contribution is 0.116. The van der Waals surface area contributed by atoms with E-state index < -0.39 is 0 Å². The molecule has 0 amide bonds. The highest BCUT2D eigenvalue weighted by Crippen LogP contribution is 2.25. The van der Waals surface area contributed by atoms with Crippen LogP contribution in [0.1, 0.15) is 31.7 Å². The van der Waals surface area contributed by atoms with Gasteiger partial charge in [0.25, 0.3) is 0 Å². The fourth-order valence-electron chi connectivity index (χ4n) is 2.71. The normalized spacial score (nSPS) is 20.1. The largest absolute Gasteiger partial charge is 0.376 e. The molecule has 2 N–H and O–H groups in total. The van der Waals surface area contributed by atoms with E-state index in [1.165, 1.54) is 6.07 Å². The first-order valence-electron chi connectivity index (χ1n) is 7.47. The average molecular weight is 280 g/mol. The Balaban J connectivity index is 2.14. The van der Waals surface area contributed by atoms with Crippen molar-refractivity contribution in [2.45, 2.75) is 44.8 Å². The number of halogens is 1. The highest BCUT2D eigenvalue weighted by molar-refractivity contribution is 5.54. The van der Waals surface area contributed by atoms with Crippen LogP contribution in [0.4, 0.5) is 10.1 Å². The molecule has 4 heteroatoms. The predicted molar refractivity (Wildman–Crippen MR) is 80.6 cm³/mol. The molecule has 0 saturated carbocycles. The summed E-state index contributed by atoms with van der Waals surface area (Å²) in [5.74, 6) is -0.161. The Bertz CT molecular complexity index is 432. The molecule has 1 heterocycles. The maximum Gasteiger partial charge on any atom is 0.128 e. The minimum atomic E-state index is -0.161. The van der Waals surface area contributed by atoms with Crippen molar-refractivity contribution in [1.82, 2.24) is 0 Å². The molecule has 0 aliphatic carbocycles. The monoisotopic (exact) mass is 280 g/mol. The van der Waals surface area contributed by atoms with Crippen LogP contribution in [0.25, 0.3) is 0 Å². The van der Waals surface area contributed by atoms with E-state index in [0.717, 1.165) is 43.7 Å². The van der Waals surface area contributed by atoms with Crippen molar-refractivity contribution in [2.75, 3.05) is 25.1 Å². The maximum atomic E-state index is 14.1. The van der Waals surface area contributed by atoms with Gasteiger partial charge in [0.2, 0.25) is 0 Å². The summed E-state index contributed by atoms with van der Waals surface area (Å²) >= 11 is 0. The fourth-order valence-corrected chi connectivity index (χ4v) is 2.71. The summed E-state index contributed by atoms with van der Waals surface area (Å²) < 4.78 is 19.8. The van der Waals surface area contributed by atoms with E-state index in [4.69, 9.17) is 10.5 Å². The van der Waals surface area contributed by atoms with Gasteiger partial charge < -0.3 is 15.4 Å². The van der Waals surface area contributed by atoms with E-state index in [1.807, 2.05) is 20.0 Å². The third kappa shape index (κ3) is 3.70. The molecule has 1 aliphatic rings. The van der Waals surface area contributed by atoms with Gasteiger partial charge in [0, 0.05) is 37.5 Å². The Morgan fingerprint density at radius 1 is 1.50 bits per heavy atom. The fraction of sp³-hybridized carbons (Fsp3) is 0.625. The molecule has 1 aliphatic heterocycles. The van der Waals surface area contributed by atoms with Gasteiger partial charge in [0.05, 0.1) is 6.10 Å². The van der Waals surface area contributed by atoms with Crippen LogP contribution in [0.5, 0.6) is 0 Å². The summed E-state index contributed by atoms with van der Waals surface area (Å²) in [6.45, 7) is 3.67. The van der Waals surface area contributed by atoms with Crippen molar-refractivity contribution >= 4 is 5.69 Å². The van der Waals surface area contributed by atoms with Gasteiger partial charge in [-0.1, -0.05) is 13.0 Å². The summed E-state index contributed by atoms with van der Waals surface area (Å²) in [6.07, 6.45) is 3.90. The third-order valence-corrected chi connectivity index (χ3v) is 4.00. The van der Waals surface area contributed by atoms with Crippen molar-refractivity contribution < 1.29 is 9.13 Å².